The second-order valence-electron chi connectivity index (χ2n) is 7.16. The summed E-state index contributed by atoms with van der Waals surface area (Å²) in [5.74, 6) is -1.34. The van der Waals surface area contributed by atoms with Crippen molar-refractivity contribution in [2.75, 3.05) is 11.9 Å². The summed E-state index contributed by atoms with van der Waals surface area (Å²) in [7, 11) is 0. The largest absolute Gasteiger partial charge is 0.482 e. The fourth-order valence-corrected chi connectivity index (χ4v) is 2.28. The van der Waals surface area contributed by atoms with Crippen molar-refractivity contribution in [3.05, 3.63) is 59.9 Å². The summed E-state index contributed by atoms with van der Waals surface area (Å²) in [6, 6.07) is 13.2. The molecule has 2 aromatic rings. The number of benzene rings is 2. The number of para-hydroxylation sites is 1. The smallest absolute Gasteiger partial charge is 0.344 e. The molecular formula is C21H24FNO4. The summed E-state index contributed by atoms with van der Waals surface area (Å²) in [5, 5.41) is 2.38. The van der Waals surface area contributed by atoms with Gasteiger partial charge in [-0.15, -0.1) is 0 Å². The first-order valence-corrected chi connectivity index (χ1v) is 8.65. The number of halogens is 1. The van der Waals surface area contributed by atoms with Crippen molar-refractivity contribution in [2.24, 2.45) is 0 Å². The topological polar surface area (TPSA) is 64.6 Å². The maximum atomic E-state index is 13.5. The highest BCUT2D eigenvalue weighted by Crippen LogP contribution is 2.24. The molecule has 5 nitrogen and oxygen atoms in total. The summed E-state index contributed by atoms with van der Waals surface area (Å²) in [6.45, 7) is 7.40. The zero-order chi connectivity index (χ0) is 20.0. The first kappa shape index (κ1) is 20.4. The average Bonchev–Trinajstić information content (AvgIpc) is 2.61. The molecular weight excluding hydrogens is 349 g/mol. The van der Waals surface area contributed by atoms with Gasteiger partial charge in [-0.3, -0.25) is 4.79 Å². The molecule has 0 bridgehead atoms. The molecule has 6 heteroatoms. The van der Waals surface area contributed by atoms with E-state index in [-0.39, 0.29) is 17.7 Å². The molecule has 0 spiro atoms. The van der Waals surface area contributed by atoms with E-state index < -0.39 is 23.8 Å². The van der Waals surface area contributed by atoms with Crippen molar-refractivity contribution in [3.63, 3.8) is 0 Å². The lowest BCUT2D eigenvalue weighted by molar-refractivity contribution is -0.155. The van der Waals surface area contributed by atoms with Crippen molar-refractivity contribution < 1.29 is 23.5 Å². The number of esters is 1. The minimum Gasteiger partial charge on any atom is -0.482 e. The van der Waals surface area contributed by atoms with Gasteiger partial charge in [0.15, 0.2) is 12.7 Å². The predicted octanol–water partition coefficient (Wildman–Crippen LogP) is 4.07. The Morgan fingerprint density at radius 3 is 2.30 bits per heavy atom. The van der Waals surface area contributed by atoms with Crippen LogP contribution in [0.25, 0.3) is 0 Å². The Morgan fingerprint density at radius 2 is 1.70 bits per heavy atom. The van der Waals surface area contributed by atoms with Gasteiger partial charge in [0, 0.05) is 0 Å². The van der Waals surface area contributed by atoms with Crippen LogP contribution in [0.5, 0.6) is 5.75 Å². The fourth-order valence-electron chi connectivity index (χ4n) is 2.28. The first-order chi connectivity index (χ1) is 12.7. The fraction of sp³-hybridized carbons (Fsp3) is 0.333. The minimum atomic E-state index is -1.08. The number of rotatable bonds is 6. The van der Waals surface area contributed by atoms with Gasteiger partial charge in [-0.25, -0.2) is 9.18 Å². The van der Waals surface area contributed by atoms with Crippen molar-refractivity contribution in [1.29, 1.82) is 0 Å². The Bertz CT molecular complexity index is 797. The van der Waals surface area contributed by atoms with Crippen molar-refractivity contribution in [2.45, 2.75) is 39.2 Å². The molecule has 1 N–H and O–H groups in total. The average molecular weight is 373 g/mol. The van der Waals surface area contributed by atoms with Gasteiger partial charge in [-0.1, -0.05) is 45.0 Å². The SMILES string of the molecule is CC(OC(=O)COc1ccc(C(C)(C)C)cc1)C(=O)Nc1ccccc1F. The number of nitrogens with one attached hydrogen (secondary N) is 1. The minimum absolute atomic E-state index is 0.0263. The molecule has 0 aromatic heterocycles. The Morgan fingerprint density at radius 1 is 1.07 bits per heavy atom. The van der Waals surface area contributed by atoms with Gasteiger partial charge in [-0.2, -0.15) is 0 Å². The molecule has 2 rings (SSSR count). The van der Waals surface area contributed by atoms with E-state index in [2.05, 4.69) is 26.1 Å². The van der Waals surface area contributed by atoms with Crippen LogP contribution in [0.3, 0.4) is 0 Å². The van der Waals surface area contributed by atoms with E-state index in [1.54, 1.807) is 18.2 Å². The molecule has 1 atom stereocenters. The molecule has 0 aliphatic rings. The van der Waals surface area contributed by atoms with Crippen LogP contribution < -0.4 is 10.1 Å². The van der Waals surface area contributed by atoms with Gasteiger partial charge in [0.1, 0.15) is 11.6 Å². The zero-order valence-corrected chi connectivity index (χ0v) is 15.9. The van der Waals surface area contributed by atoms with E-state index in [4.69, 9.17) is 9.47 Å². The normalized spacial score (nSPS) is 12.2. The van der Waals surface area contributed by atoms with Crippen molar-refractivity contribution in [1.82, 2.24) is 0 Å². The van der Waals surface area contributed by atoms with Crippen molar-refractivity contribution in [3.8, 4) is 5.75 Å². The van der Waals surface area contributed by atoms with Crippen molar-refractivity contribution >= 4 is 17.6 Å². The van der Waals surface area contributed by atoms with E-state index in [9.17, 15) is 14.0 Å². The summed E-state index contributed by atoms with van der Waals surface area (Å²) >= 11 is 0. The Balaban J connectivity index is 1.82. The summed E-state index contributed by atoms with van der Waals surface area (Å²) in [6.07, 6.45) is -1.08. The summed E-state index contributed by atoms with van der Waals surface area (Å²) in [5.41, 5.74) is 1.20. The van der Waals surface area contributed by atoms with Gasteiger partial charge >= 0.3 is 5.97 Å². The predicted molar refractivity (Wildman–Crippen MR) is 101 cm³/mol. The maximum absolute atomic E-state index is 13.5. The lowest BCUT2D eigenvalue weighted by Crippen LogP contribution is -2.31. The van der Waals surface area contributed by atoms with Crippen LogP contribution in [-0.4, -0.2) is 24.6 Å². The second-order valence-corrected chi connectivity index (χ2v) is 7.16. The van der Waals surface area contributed by atoms with Gasteiger partial charge in [0.2, 0.25) is 0 Å². The summed E-state index contributed by atoms with van der Waals surface area (Å²) < 4.78 is 24.0. The third kappa shape index (κ3) is 6.09. The molecule has 0 fully saturated rings. The highest BCUT2D eigenvalue weighted by Gasteiger charge is 2.19. The molecule has 1 amide bonds. The quantitative estimate of drug-likeness (QED) is 0.775. The molecule has 144 valence electrons. The molecule has 0 aliphatic heterocycles. The molecule has 27 heavy (non-hydrogen) atoms. The van der Waals surface area contributed by atoms with Gasteiger partial charge in [-0.05, 0) is 42.2 Å². The second kappa shape index (κ2) is 8.66. The van der Waals surface area contributed by atoms with Gasteiger partial charge < -0.3 is 14.8 Å². The number of anilines is 1. The molecule has 0 saturated heterocycles. The maximum Gasteiger partial charge on any atom is 0.344 e. The number of hydrogen-bond acceptors (Lipinski definition) is 4. The van der Waals surface area contributed by atoms with Crippen LogP contribution in [-0.2, 0) is 19.7 Å². The van der Waals surface area contributed by atoms with E-state index in [0.717, 1.165) is 5.56 Å². The number of carbonyl (C=O) groups is 2. The van der Waals surface area contributed by atoms with E-state index in [0.29, 0.717) is 5.75 Å². The van der Waals surface area contributed by atoms with Crippen LogP contribution in [0, 0.1) is 5.82 Å². The van der Waals surface area contributed by atoms with Crippen LogP contribution in [0.2, 0.25) is 0 Å². The molecule has 1 unspecified atom stereocenters. The molecule has 2 aromatic carbocycles. The van der Waals surface area contributed by atoms with E-state index in [1.165, 1.54) is 25.1 Å². The Kier molecular flexibility index (Phi) is 6.55. The Labute approximate surface area is 158 Å². The molecule has 0 heterocycles. The lowest BCUT2D eigenvalue weighted by atomic mass is 9.87. The van der Waals surface area contributed by atoms with Gasteiger partial charge in [0.25, 0.3) is 5.91 Å². The number of hydrogen-bond donors (Lipinski definition) is 1. The van der Waals surface area contributed by atoms with Crippen LogP contribution in [0.1, 0.15) is 33.3 Å². The first-order valence-electron chi connectivity index (χ1n) is 8.65. The van der Waals surface area contributed by atoms with Crippen LogP contribution in [0.4, 0.5) is 10.1 Å². The molecule has 0 radical (unpaired) electrons. The molecule has 0 aliphatic carbocycles. The number of carbonyl (C=O) groups excluding carboxylic acids is 2. The standard InChI is InChI=1S/C21H24FNO4/c1-14(20(25)23-18-8-6-5-7-17(18)22)27-19(24)13-26-16-11-9-15(10-12-16)21(2,3)4/h5-12,14H,13H2,1-4H3,(H,23,25). The monoisotopic (exact) mass is 373 g/mol. The lowest BCUT2D eigenvalue weighted by Gasteiger charge is -2.19. The third-order valence-electron chi connectivity index (χ3n) is 3.89. The highest BCUT2D eigenvalue weighted by molar-refractivity contribution is 5.95. The third-order valence-corrected chi connectivity index (χ3v) is 3.89. The van der Waals surface area contributed by atoms with E-state index in [1.807, 2.05) is 12.1 Å². The van der Waals surface area contributed by atoms with E-state index >= 15 is 0 Å². The zero-order valence-electron chi connectivity index (χ0n) is 15.9. The van der Waals surface area contributed by atoms with Crippen LogP contribution >= 0.6 is 0 Å². The number of amides is 1. The Hall–Kier alpha value is -2.89. The van der Waals surface area contributed by atoms with Gasteiger partial charge in [0.05, 0.1) is 5.69 Å². The summed E-state index contributed by atoms with van der Waals surface area (Å²) in [4.78, 5) is 23.9. The highest BCUT2D eigenvalue weighted by atomic mass is 19.1. The number of ether oxygens (including phenoxy) is 2. The molecule has 0 saturated carbocycles. The van der Waals surface area contributed by atoms with Crippen LogP contribution in [0.15, 0.2) is 48.5 Å².